The van der Waals surface area contributed by atoms with Crippen LogP contribution in [0.1, 0.15) is 29.3 Å². The molecule has 0 unspecified atom stereocenters. The number of carbonyl (C=O) groups is 1. The zero-order chi connectivity index (χ0) is 10.6. The number of aryl methyl sites for hydroxylation is 1. The Morgan fingerprint density at radius 3 is 2.86 bits per heavy atom. The number of hydrogen-bond donors (Lipinski definition) is 2. The van der Waals surface area contributed by atoms with Crippen molar-refractivity contribution in [1.29, 1.82) is 0 Å². The molecule has 4 nitrogen and oxygen atoms in total. The molecule has 0 heterocycles. The smallest absolute Gasteiger partial charge is 0.374 e. The molecule has 0 spiro atoms. The molecular weight excluding hydrogens is 182 g/mol. The summed E-state index contributed by atoms with van der Waals surface area (Å²) >= 11 is 0. The summed E-state index contributed by atoms with van der Waals surface area (Å²) in [5.74, 6) is -0.819. The molecule has 1 rings (SSSR count). The lowest BCUT2D eigenvalue weighted by Crippen LogP contribution is -2.07. The Bertz CT molecular complexity index is 336. The third kappa shape index (κ3) is 2.03. The van der Waals surface area contributed by atoms with Crippen LogP contribution in [-0.2, 0) is 11.3 Å². The van der Waals surface area contributed by atoms with E-state index in [9.17, 15) is 4.79 Å². The molecule has 3 N–H and O–H groups in total. The van der Waals surface area contributed by atoms with Gasteiger partial charge in [0, 0.05) is 5.69 Å². The predicted molar refractivity (Wildman–Crippen MR) is 52.9 cm³/mol. The monoisotopic (exact) mass is 195 g/mol. The van der Waals surface area contributed by atoms with E-state index in [1.54, 1.807) is 6.07 Å². The number of carbonyl (C=O) groups excluding carboxylic acids is 1. The minimum atomic E-state index is -0.819. The maximum Gasteiger partial charge on any atom is 0.374 e. The van der Waals surface area contributed by atoms with Crippen LogP contribution in [0.5, 0.6) is 0 Å². The van der Waals surface area contributed by atoms with E-state index in [0.29, 0.717) is 5.69 Å². The fourth-order valence-electron chi connectivity index (χ4n) is 1.33. The fourth-order valence-corrected chi connectivity index (χ4v) is 1.33. The van der Waals surface area contributed by atoms with Gasteiger partial charge in [-0.3, -0.25) is 4.89 Å². The quantitative estimate of drug-likeness (QED) is 0.438. The van der Waals surface area contributed by atoms with Gasteiger partial charge >= 0.3 is 5.97 Å². The molecule has 1 aromatic carbocycles. The number of anilines is 1. The summed E-state index contributed by atoms with van der Waals surface area (Å²) in [4.78, 5) is 14.7. The van der Waals surface area contributed by atoms with Crippen molar-refractivity contribution >= 4 is 11.7 Å². The number of para-hydroxylation sites is 1. The molecule has 4 heteroatoms. The lowest BCUT2D eigenvalue weighted by Gasteiger charge is -2.07. The van der Waals surface area contributed by atoms with Gasteiger partial charge in [0.2, 0.25) is 0 Å². The van der Waals surface area contributed by atoms with E-state index in [1.165, 1.54) is 6.07 Å². The lowest BCUT2D eigenvalue weighted by atomic mass is 10.0. The Labute approximate surface area is 82.2 Å². The van der Waals surface area contributed by atoms with E-state index in [-0.39, 0.29) is 5.56 Å². The first-order chi connectivity index (χ1) is 6.70. The first kappa shape index (κ1) is 10.5. The molecule has 0 amide bonds. The van der Waals surface area contributed by atoms with Crippen molar-refractivity contribution in [3.63, 3.8) is 0 Å². The molecule has 0 aliphatic rings. The minimum Gasteiger partial charge on any atom is -0.398 e. The highest BCUT2D eigenvalue weighted by molar-refractivity contribution is 5.95. The van der Waals surface area contributed by atoms with Crippen LogP contribution in [0.15, 0.2) is 18.2 Å². The number of nitrogens with two attached hydrogens (primary N) is 1. The van der Waals surface area contributed by atoms with Crippen molar-refractivity contribution < 1.29 is 14.9 Å². The predicted octanol–water partition coefficient (Wildman–Crippen LogP) is 1.85. The molecule has 0 atom stereocenters. The number of nitrogen functional groups attached to an aromatic ring is 1. The van der Waals surface area contributed by atoms with Crippen molar-refractivity contribution in [2.45, 2.75) is 19.8 Å². The van der Waals surface area contributed by atoms with Gasteiger partial charge in [-0.15, -0.1) is 0 Å². The average Bonchev–Trinajstić information content (AvgIpc) is 2.20. The largest absolute Gasteiger partial charge is 0.398 e. The molecule has 0 fully saturated rings. The summed E-state index contributed by atoms with van der Waals surface area (Å²) in [7, 11) is 0. The molecule has 0 aromatic heterocycles. The van der Waals surface area contributed by atoms with Crippen LogP contribution in [0.25, 0.3) is 0 Å². The lowest BCUT2D eigenvalue weighted by molar-refractivity contribution is -0.182. The molecule has 0 radical (unpaired) electrons. The topological polar surface area (TPSA) is 72.5 Å². The molecule has 1 aromatic rings. The fraction of sp³-hybridized carbons (Fsp3) is 0.300. The Balaban J connectivity index is 3.07. The van der Waals surface area contributed by atoms with Crippen LogP contribution in [0.3, 0.4) is 0 Å². The first-order valence-corrected chi connectivity index (χ1v) is 4.43. The summed E-state index contributed by atoms with van der Waals surface area (Å²) in [6.07, 6.45) is 1.75. The van der Waals surface area contributed by atoms with E-state index >= 15 is 0 Å². The summed E-state index contributed by atoms with van der Waals surface area (Å²) in [5, 5.41) is 8.23. The van der Waals surface area contributed by atoms with Gasteiger partial charge in [-0.05, 0) is 18.1 Å². The minimum absolute atomic E-state index is 0.207. The Kier molecular flexibility index (Phi) is 3.48. The summed E-state index contributed by atoms with van der Waals surface area (Å²) in [6, 6.07) is 5.09. The van der Waals surface area contributed by atoms with Crippen LogP contribution in [0.2, 0.25) is 0 Å². The molecule has 0 saturated heterocycles. The molecule has 0 aliphatic carbocycles. The van der Waals surface area contributed by atoms with Gasteiger partial charge < -0.3 is 5.73 Å². The van der Waals surface area contributed by atoms with Crippen LogP contribution >= 0.6 is 0 Å². The molecule has 14 heavy (non-hydrogen) atoms. The van der Waals surface area contributed by atoms with Gasteiger partial charge in [0.15, 0.2) is 0 Å². The number of hydrogen-bond acceptors (Lipinski definition) is 4. The van der Waals surface area contributed by atoms with Gasteiger partial charge in [0.25, 0.3) is 0 Å². The second-order valence-electron chi connectivity index (χ2n) is 3.01. The van der Waals surface area contributed by atoms with Crippen molar-refractivity contribution in [3.05, 3.63) is 29.3 Å². The van der Waals surface area contributed by atoms with Crippen LogP contribution in [0, 0.1) is 0 Å². The van der Waals surface area contributed by atoms with Gasteiger partial charge in [-0.2, -0.15) is 5.26 Å². The molecule has 76 valence electrons. The Morgan fingerprint density at radius 2 is 2.29 bits per heavy atom. The maximum atomic E-state index is 11.0. The highest BCUT2D eigenvalue weighted by atomic mass is 17.1. The van der Waals surface area contributed by atoms with Crippen molar-refractivity contribution in [2.24, 2.45) is 0 Å². The molecule has 0 aliphatic heterocycles. The zero-order valence-electron chi connectivity index (χ0n) is 7.99. The SMILES string of the molecule is CCCc1cccc(C(=O)OO)c1N. The van der Waals surface area contributed by atoms with E-state index in [4.69, 9.17) is 11.0 Å². The first-order valence-electron chi connectivity index (χ1n) is 4.43. The van der Waals surface area contributed by atoms with E-state index in [0.717, 1.165) is 18.4 Å². The highest BCUT2D eigenvalue weighted by Gasteiger charge is 2.12. The van der Waals surface area contributed by atoms with Crippen LogP contribution < -0.4 is 5.73 Å². The number of benzene rings is 1. The Hall–Kier alpha value is -1.55. The van der Waals surface area contributed by atoms with Gasteiger partial charge in [0.1, 0.15) is 0 Å². The Morgan fingerprint density at radius 1 is 1.57 bits per heavy atom. The third-order valence-electron chi connectivity index (χ3n) is 2.02. The average molecular weight is 195 g/mol. The van der Waals surface area contributed by atoms with E-state index in [2.05, 4.69) is 4.89 Å². The summed E-state index contributed by atoms with van der Waals surface area (Å²) in [5.41, 5.74) is 7.22. The zero-order valence-corrected chi connectivity index (χ0v) is 7.99. The maximum absolute atomic E-state index is 11.0. The normalized spacial score (nSPS) is 9.86. The van der Waals surface area contributed by atoms with Crippen LogP contribution in [-0.4, -0.2) is 11.2 Å². The van der Waals surface area contributed by atoms with Crippen LogP contribution in [0.4, 0.5) is 5.69 Å². The summed E-state index contributed by atoms with van der Waals surface area (Å²) in [6.45, 7) is 2.02. The second kappa shape index (κ2) is 4.62. The summed E-state index contributed by atoms with van der Waals surface area (Å²) < 4.78 is 0. The van der Waals surface area contributed by atoms with Crippen molar-refractivity contribution in [1.82, 2.24) is 0 Å². The standard InChI is InChI=1S/C10H13NO3/c1-2-4-7-5-3-6-8(9(7)11)10(12)14-13/h3,5-6,13H,2,4,11H2,1H3. The second-order valence-corrected chi connectivity index (χ2v) is 3.01. The van der Waals surface area contributed by atoms with E-state index in [1.807, 2.05) is 13.0 Å². The molecule has 0 bridgehead atoms. The van der Waals surface area contributed by atoms with Crippen molar-refractivity contribution in [2.75, 3.05) is 5.73 Å². The molecule has 0 saturated carbocycles. The third-order valence-corrected chi connectivity index (χ3v) is 2.02. The molecular formula is C10H13NO3. The highest BCUT2D eigenvalue weighted by Crippen LogP contribution is 2.19. The number of rotatable bonds is 3. The van der Waals surface area contributed by atoms with Gasteiger partial charge in [-0.25, -0.2) is 4.79 Å². The van der Waals surface area contributed by atoms with E-state index < -0.39 is 5.97 Å². The van der Waals surface area contributed by atoms with Gasteiger partial charge in [0.05, 0.1) is 5.56 Å². The van der Waals surface area contributed by atoms with Crippen molar-refractivity contribution in [3.8, 4) is 0 Å². The van der Waals surface area contributed by atoms with Gasteiger partial charge in [-0.1, -0.05) is 25.5 Å².